The normalized spacial score (nSPS) is 12.5. The van der Waals surface area contributed by atoms with Crippen molar-refractivity contribution in [3.8, 4) is 0 Å². The summed E-state index contributed by atoms with van der Waals surface area (Å²) in [5.74, 6) is 0. The number of rotatable bonds is 6. The van der Waals surface area contributed by atoms with Crippen molar-refractivity contribution in [3.63, 3.8) is 0 Å². The van der Waals surface area contributed by atoms with Gasteiger partial charge in [0, 0.05) is 17.5 Å². The molecule has 0 bridgehead atoms. The highest BCUT2D eigenvalue weighted by molar-refractivity contribution is 5.80. The standard InChI is InChI=1S/C16H24N2O/c1-16(2,17)9-11-18(3)10-8-13-12-19-15-7-5-4-6-14(13)15/h4-7,12H,8-11,17H2,1-3H3. The molecule has 1 heterocycles. The van der Waals surface area contributed by atoms with Crippen molar-refractivity contribution in [1.29, 1.82) is 0 Å². The Morgan fingerprint density at radius 3 is 2.68 bits per heavy atom. The molecule has 0 atom stereocenters. The zero-order valence-electron chi connectivity index (χ0n) is 12.1. The molecule has 1 aromatic heterocycles. The van der Waals surface area contributed by atoms with E-state index >= 15 is 0 Å². The molecule has 104 valence electrons. The van der Waals surface area contributed by atoms with Crippen LogP contribution in [0.5, 0.6) is 0 Å². The zero-order chi connectivity index (χ0) is 13.9. The zero-order valence-corrected chi connectivity index (χ0v) is 12.1. The van der Waals surface area contributed by atoms with Gasteiger partial charge in [0.05, 0.1) is 6.26 Å². The van der Waals surface area contributed by atoms with Gasteiger partial charge in [-0.1, -0.05) is 18.2 Å². The largest absolute Gasteiger partial charge is 0.464 e. The lowest BCUT2D eigenvalue weighted by atomic mass is 10.0. The van der Waals surface area contributed by atoms with Gasteiger partial charge in [-0.25, -0.2) is 0 Å². The molecule has 19 heavy (non-hydrogen) atoms. The van der Waals surface area contributed by atoms with Gasteiger partial charge in [-0.3, -0.25) is 0 Å². The van der Waals surface area contributed by atoms with E-state index in [9.17, 15) is 0 Å². The molecule has 0 saturated carbocycles. The van der Waals surface area contributed by atoms with Gasteiger partial charge in [0.1, 0.15) is 5.58 Å². The maximum atomic E-state index is 6.01. The van der Waals surface area contributed by atoms with Crippen LogP contribution in [0.2, 0.25) is 0 Å². The molecular weight excluding hydrogens is 236 g/mol. The first-order valence-electron chi connectivity index (χ1n) is 6.88. The van der Waals surface area contributed by atoms with E-state index in [2.05, 4.69) is 37.9 Å². The average Bonchev–Trinajstić information content (AvgIpc) is 2.76. The van der Waals surface area contributed by atoms with Gasteiger partial charge in [0.25, 0.3) is 0 Å². The first-order valence-corrected chi connectivity index (χ1v) is 6.88. The third-order valence-electron chi connectivity index (χ3n) is 3.46. The van der Waals surface area contributed by atoms with Crippen molar-refractivity contribution >= 4 is 11.0 Å². The fraction of sp³-hybridized carbons (Fsp3) is 0.500. The van der Waals surface area contributed by atoms with Gasteiger partial charge < -0.3 is 15.1 Å². The number of hydrogen-bond donors (Lipinski definition) is 1. The number of fused-ring (bicyclic) bond motifs is 1. The highest BCUT2D eigenvalue weighted by Crippen LogP contribution is 2.21. The summed E-state index contributed by atoms with van der Waals surface area (Å²) in [5, 5.41) is 1.23. The van der Waals surface area contributed by atoms with Crippen LogP contribution in [-0.2, 0) is 6.42 Å². The van der Waals surface area contributed by atoms with Gasteiger partial charge in [0.2, 0.25) is 0 Å². The summed E-state index contributed by atoms with van der Waals surface area (Å²) in [6, 6.07) is 8.20. The second kappa shape index (κ2) is 5.76. The molecule has 0 aliphatic heterocycles. The summed E-state index contributed by atoms with van der Waals surface area (Å²) >= 11 is 0. The summed E-state index contributed by atoms with van der Waals surface area (Å²) < 4.78 is 5.56. The van der Waals surface area contributed by atoms with Gasteiger partial charge in [-0.05, 0) is 51.9 Å². The molecule has 0 unspecified atom stereocenters. The van der Waals surface area contributed by atoms with E-state index in [1.54, 1.807) is 0 Å². The van der Waals surface area contributed by atoms with Crippen molar-refractivity contribution in [1.82, 2.24) is 4.90 Å². The molecule has 2 aromatic rings. The molecular formula is C16H24N2O. The second-order valence-electron chi connectivity index (χ2n) is 6.05. The minimum Gasteiger partial charge on any atom is -0.464 e. The van der Waals surface area contributed by atoms with Crippen LogP contribution in [0.1, 0.15) is 25.8 Å². The minimum atomic E-state index is -0.0867. The molecule has 1 aromatic carbocycles. The quantitative estimate of drug-likeness (QED) is 0.868. The topological polar surface area (TPSA) is 42.4 Å². The van der Waals surface area contributed by atoms with Crippen LogP contribution >= 0.6 is 0 Å². The molecule has 0 amide bonds. The molecule has 0 fully saturated rings. The molecule has 2 rings (SSSR count). The average molecular weight is 260 g/mol. The highest BCUT2D eigenvalue weighted by Gasteiger charge is 2.12. The Morgan fingerprint density at radius 1 is 1.21 bits per heavy atom. The van der Waals surface area contributed by atoms with Crippen LogP contribution in [0, 0.1) is 0 Å². The first-order chi connectivity index (χ1) is 8.96. The number of hydrogen-bond acceptors (Lipinski definition) is 3. The fourth-order valence-electron chi connectivity index (χ4n) is 2.13. The van der Waals surface area contributed by atoms with E-state index in [0.717, 1.165) is 31.5 Å². The van der Waals surface area contributed by atoms with Gasteiger partial charge in [0.15, 0.2) is 0 Å². The Labute approximate surface area is 115 Å². The van der Waals surface area contributed by atoms with Crippen LogP contribution < -0.4 is 5.73 Å². The van der Waals surface area contributed by atoms with Crippen molar-refractivity contribution in [2.24, 2.45) is 5.73 Å². The Bertz CT molecular complexity index is 525. The number of nitrogens with zero attached hydrogens (tertiary/aromatic N) is 1. The summed E-state index contributed by atoms with van der Waals surface area (Å²) in [5.41, 5.74) is 8.18. The number of furan rings is 1. The predicted octanol–water partition coefficient (Wildman–Crippen LogP) is 3.03. The van der Waals surface area contributed by atoms with Gasteiger partial charge in [-0.2, -0.15) is 0 Å². The molecule has 0 saturated heterocycles. The van der Waals surface area contributed by atoms with Gasteiger partial charge in [-0.15, -0.1) is 0 Å². The molecule has 3 heteroatoms. The monoisotopic (exact) mass is 260 g/mol. The van der Waals surface area contributed by atoms with Crippen LogP contribution in [-0.4, -0.2) is 30.6 Å². The van der Waals surface area contributed by atoms with E-state index in [0.29, 0.717) is 0 Å². The van der Waals surface area contributed by atoms with Crippen LogP contribution in [0.25, 0.3) is 11.0 Å². The van der Waals surface area contributed by atoms with Crippen molar-refractivity contribution in [2.45, 2.75) is 32.2 Å². The summed E-state index contributed by atoms with van der Waals surface area (Å²) in [6.45, 7) is 6.20. The first kappa shape index (κ1) is 14.1. The minimum absolute atomic E-state index is 0.0867. The molecule has 3 nitrogen and oxygen atoms in total. The molecule has 0 spiro atoms. The maximum Gasteiger partial charge on any atom is 0.134 e. The molecule has 0 aliphatic carbocycles. The third kappa shape index (κ3) is 4.08. The van der Waals surface area contributed by atoms with Crippen molar-refractivity contribution in [2.75, 3.05) is 20.1 Å². The highest BCUT2D eigenvalue weighted by atomic mass is 16.3. The Kier molecular flexibility index (Phi) is 4.27. The van der Waals surface area contributed by atoms with Gasteiger partial charge >= 0.3 is 0 Å². The lowest BCUT2D eigenvalue weighted by Gasteiger charge is -2.23. The molecule has 0 aliphatic rings. The van der Waals surface area contributed by atoms with E-state index in [1.807, 2.05) is 18.4 Å². The van der Waals surface area contributed by atoms with E-state index in [4.69, 9.17) is 10.2 Å². The Hall–Kier alpha value is -1.32. The molecule has 0 radical (unpaired) electrons. The summed E-state index contributed by atoms with van der Waals surface area (Å²) in [6.07, 6.45) is 3.90. The van der Waals surface area contributed by atoms with Crippen molar-refractivity contribution < 1.29 is 4.42 Å². The van der Waals surface area contributed by atoms with Crippen molar-refractivity contribution in [3.05, 3.63) is 36.1 Å². The smallest absolute Gasteiger partial charge is 0.134 e. The third-order valence-corrected chi connectivity index (χ3v) is 3.46. The van der Waals surface area contributed by atoms with Crippen LogP contribution in [0.4, 0.5) is 0 Å². The summed E-state index contributed by atoms with van der Waals surface area (Å²) in [7, 11) is 2.15. The SMILES string of the molecule is CN(CCc1coc2ccccc12)CCC(C)(C)N. The Balaban J connectivity index is 1.88. The number of nitrogens with two attached hydrogens (primary N) is 1. The number of benzene rings is 1. The van der Waals surface area contributed by atoms with Crippen LogP contribution in [0.3, 0.4) is 0 Å². The van der Waals surface area contributed by atoms with E-state index < -0.39 is 0 Å². The second-order valence-corrected chi connectivity index (χ2v) is 6.05. The van der Waals surface area contributed by atoms with Crippen LogP contribution in [0.15, 0.2) is 34.9 Å². The lowest BCUT2D eigenvalue weighted by molar-refractivity contribution is 0.298. The maximum absolute atomic E-state index is 6.01. The molecule has 2 N–H and O–H groups in total. The number of likely N-dealkylation sites (N-methyl/N-ethyl adjacent to an activating group) is 1. The van der Waals surface area contributed by atoms with E-state index in [-0.39, 0.29) is 5.54 Å². The Morgan fingerprint density at radius 2 is 1.95 bits per heavy atom. The lowest BCUT2D eigenvalue weighted by Crippen LogP contribution is -2.36. The summed E-state index contributed by atoms with van der Waals surface area (Å²) in [4.78, 5) is 2.33. The number of para-hydroxylation sites is 1. The van der Waals surface area contributed by atoms with E-state index in [1.165, 1.54) is 10.9 Å². The predicted molar refractivity (Wildman–Crippen MR) is 80.3 cm³/mol. The fourth-order valence-corrected chi connectivity index (χ4v) is 2.13.